The predicted octanol–water partition coefficient (Wildman–Crippen LogP) is 3.04. The molecule has 1 aliphatic heterocycles. The van der Waals surface area contributed by atoms with Crippen LogP contribution in [-0.2, 0) is 4.79 Å². The summed E-state index contributed by atoms with van der Waals surface area (Å²) in [6, 6.07) is 15.6. The van der Waals surface area contributed by atoms with E-state index in [9.17, 15) is 9.90 Å². The second-order valence-corrected chi connectivity index (χ2v) is 6.31. The number of hydrogen-bond acceptors (Lipinski definition) is 4. The fourth-order valence-corrected chi connectivity index (χ4v) is 3.34. The van der Waals surface area contributed by atoms with Crippen LogP contribution < -0.4 is 5.11 Å². The van der Waals surface area contributed by atoms with Gasteiger partial charge < -0.3 is 14.8 Å². The Morgan fingerprint density at radius 2 is 2.00 bits per heavy atom. The minimum atomic E-state index is -1.11. The van der Waals surface area contributed by atoms with Crippen LogP contribution in [0.25, 0.3) is 0 Å². The lowest BCUT2D eigenvalue weighted by atomic mass is 9.93. The Morgan fingerprint density at radius 3 is 2.65 bits per heavy atom. The third-order valence-corrected chi connectivity index (χ3v) is 4.40. The topological polar surface area (TPSA) is 55.7 Å². The molecule has 4 nitrogen and oxygen atoms in total. The first-order chi connectivity index (χ1) is 11.1. The van der Waals surface area contributed by atoms with Gasteiger partial charge in [-0.25, -0.2) is 4.99 Å². The molecule has 0 saturated carbocycles. The van der Waals surface area contributed by atoms with Gasteiger partial charge in [-0.15, -0.1) is 0 Å². The van der Waals surface area contributed by atoms with E-state index >= 15 is 0 Å². The highest BCUT2D eigenvalue weighted by atomic mass is 79.9. The monoisotopic (exact) mass is 371 g/mol. The molecule has 3 rings (SSSR count). The number of halogens is 1. The van der Waals surface area contributed by atoms with Crippen LogP contribution in [0.4, 0.5) is 5.69 Å². The van der Waals surface area contributed by atoms with E-state index in [0.717, 1.165) is 27.1 Å². The van der Waals surface area contributed by atoms with E-state index in [1.807, 2.05) is 60.4 Å². The van der Waals surface area contributed by atoms with Crippen molar-refractivity contribution in [2.24, 2.45) is 4.99 Å². The number of rotatable bonds is 4. The van der Waals surface area contributed by atoms with Gasteiger partial charge in [0.1, 0.15) is 5.84 Å². The first-order valence-electron chi connectivity index (χ1n) is 7.48. The number of nitrogens with zero attached hydrogens (tertiary/aromatic N) is 2. The molecule has 0 spiro atoms. The van der Waals surface area contributed by atoms with Crippen LogP contribution in [0.15, 0.2) is 58.0 Å². The summed E-state index contributed by atoms with van der Waals surface area (Å²) in [5.41, 5.74) is 2.91. The third-order valence-electron chi connectivity index (χ3n) is 3.91. The average Bonchev–Trinajstić information content (AvgIpc) is 2.54. The fourth-order valence-electron chi connectivity index (χ4n) is 2.96. The summed E-state index contributed by atoms with van der Waals surface area (Å²) in [4.78, 5) is 17.7. The SMILES string of the molecule is CCC1=Nc2ccc(Br)cc2[C@H](c2ccccc2)N1CC(=O)[O-]. The van der Waals surface area contributed by atoms with Crippen molar-refractivity contribution >= 4 is 33.4 Å². The molecule has 0 N–H and O–H groups in total. The van der Waals surface area contributed by atoms with Crippen LogP contribution in [0.3, 0.4) is 0 Å². The first-order valence-corrected chi connectivity index (χ1v) is 8.28. The molecule has 0 amide bonds. The third kappa shape index (κ3) is 3.15. The van der Waals surface area contributed by atoms with Crippen molar-refractivity contribution in [1.82, 2.24) is 4.90 Å². The van der Waals surface area contributed by atoms with Gasteiger partial charge in [-0.1, -0.05) is 53.2 Å². The summed E-state index contributed by atoms with van der Waals surface area (Å²) in [5, 5.41) is 11.3. The van der Waals surface area contributed by atoms with Crippen molar-refractivity contribution in [1.29, 1.82) is 0 Å². The lowest BCUT2D eigenvalue weighted by molar-refractivity contribution is -0.305. The maximum Gasteiger partial charge on any atom is 0.106 e. The molecular weight excluding hydrogens is 356 g/mol. The van der Waals surface area contributed by atoms with Crippen LogP contribution in [0.2, 0.25) is 0 Å². The van der Waals surface area contributed by atoms with Crippen LogP contribution in [0.1, 0.15) is 30.5 Å². The van der Waals surface area contributed by atoms with Crippen LogP contribution in [-0.4, -0.2) is 23.2 Å². The second kappa shape index (κ2) is 6.54. The van der Waals surface area contributed by atoms with Crippen LogP contribution >= 0.6 is 15.9 Å². The lowest BCUT2D eigenvalue weighted by Gasteiger charge is -2.39. The largest absolute Gasteiger partial charge is 0.548 e. The van der Waals surface area contributed by atoms with Crippen LogP contribution in [0, 0.1) is 0 Å². The van der Waals surface area contributed by atoms with Gasteiger partial charge in [-0.2, -0.15) is 0 Å². The van der Waals surface area contributed by atoms with Crippen LogP contribution in [0.5, 0.6) is 0 Å². The van der Waals surface area contributed by atoms with E-state index in [1.54, 1.807) is 0 Å². The molecule has 0 saturated heterocycles. The first kappa shape index (κ1) is 15.7. The molecule has 1 atom stereocenters. The van der Waals surface area contributed by atoms with Gasteiger partial charge >= 0.3 is 0 Å². The molecule has 0 aromatic heterocycles. The van der Waals surface area contributed by atoms with E-state index in [-0.39, 0.29) is 12.6 Å². The molecule has 0 radical (unpaired) electrons. The molecule has 0 fully saturated rings. The van der Waals surface area contributed by atoms with Crippen molar-refractivity contribution in [3.8, 4) is 0 Å². The standard InChI is InChI=1S/C18H17BrN2O2/c1-2-16-20-15-9-8-13(19)10-14(15)18(21(16)11-17(22)23)12-6-4-3-5-7-12/h3-10,18H,2,11H2,1H3,(H,22,23)/p-1/t18-/m0/s1. The van der Waals surface area contributed by atoms with Gasteiger partial charge in [0.15, 0.2) is 0 Å². The number of aliphatic carboxylic acids is 1. The van der Waals surface area contributed by atoms with Crippen molar-refractivity contribution in [2.45, 2.75) is 19.4 Å². The number of fused-ring (bicyclic) bond motifs is 1. The van der Waals surface area contributed by atoms with E-state index in [4.69, 9.17) is 0 Å². The van der Waals surface area contributed by atoms with E-state index < -0.39 is 5.97 Å². The van der Waals surface area contributed by atoms with Gasteiger partial charge in [0, 0.05) is 16.5 Å². The number of carboxylic acids is 1. The van der Waals surface area contributed by atoms with E-state index in [0.29, 0.717) is 6.42 Å². The van der Waals surface area contributed by atoms with Gasteiger partial charge in [0.25, 0.3) is 0 Å². The maximum absolute atomic E-state index is 11.3. The molecule has 2 aromatic rings. The summed E-state index contributed by atoms with van der Waals surface area (Å²) in [6.45, 7) is 1.80. The molecule has 5 heteroatoms. The number of amidine groups is 1. The fraction of sp³-hybridized carbons (Fsp3) is 0.222. The minimum absolute atomic E-state index is 0.182. The van der Waals surface area contributed by atoms with Crippen molar-refractivity contribution < 1.29 is 9.90 Å². The zero-order valence-corrected chi connectivity index (χ0v) is 14.3. The van der Waals surface area contributed by atoms with Gasteiger partial charge in [0.05, 0.1) is 24.2 Å². The Kier molecular flexibility index (Phi) is 4.48. The molecule has 2 aromatic carbocycles. The van der Waals surface area contributed by atoms with E-state index in [2.05, 4.69) is 20.9 Å². The summed E-state index contributed by atoms with van der Waals surface area (Å²) in [7, 11) is 0. The normalized spacial score (nSPS) is 16.7. The van der Waals surface area contributed by atoms with Crippen molar-refractivity contribution in [3.05, 3.63) is 64.1 Å². The van der Waals surface area contributed by atoms with Crippen molar-refractivity contribution in [2.75, 3.05) is 6.54 Å². The number of carbonyl (C=O) groups is 1. The lowest BCUT2D eigenvalue weighted by Crippen LogP contribution is -2.45. The molecule has 118 valence electrons. The van der Waals surface area contributed by atoms with Gasteiger partial charge in [-0.05, 0) is 23.8 Å². The Morgan fingerprint density at radius 1 is 1.26 bits per heavy atom. The number of carboxylic acid groups (broad SMARTS) is 1. The summed E-state index contributed by atoms with van der Waals surface area (Å²) in [6.07, 6.45) is 0.659. The molecule has 0 aliphatic carbocycles. The number of benzene rings is 2. The smallest absolute Gasteiger partial charge is 0.106 e. The zero-order valence-electron chi connectivity index (χ0n) is 12.7. The maximum atomic E-state index is 11.3. The minimum Gasteiger partial charge on any atom is -0.548 e. The highest BCUT2D eigenvalue weighted by Crippen LogP contribution is 2.40. The zero-order chi connectivity index (χ0) is 16.4. The average molecular weight is 372 g/mol. The van der Waals surface area contributed by atoms with Gasteiger partial charge in [-0.3, -0.25) is 0 Å². The molecular formula is C18H16BrN2O2-. The summed E-state index contributed by atoms with van der Waals surface area (Å²) < 4.78 is 0.945. The Balaban J connectivity index is 2.19. The molecule has 1 heterocycles. The quantitative estimate of drug-likeness (QED) is 0.829. The second-order valence-electron chi connectivity index (χ2n) is 5.40. The van der Waals surface area contributed by atoms with Crippen molar-refractivity contribution in [3.63, 3.8) is 0 Å². The van der Waals surface area contributed by atoms with Gasteiger partial charge in [0.2, 0.25) is 0 Å². The highest BCUT2D eigenvalue weighted by Gasteiger charge is 2.30. The highest BCUT2D eigenvalue weighted by molar-refractivity contribution is 9.10. The summed E-state index contributed by atoms with van der Waals surface area (Å²) >= 11 is 3.50. The molecule has 0 bridgehead atoms. The number of hydrogen-bond donors (Lipinski definition) is 0. The predicted molar refractivity (Wildman–Crippen MR) is 91.5 cm³/mol. The Labute approximate surface area is 143 Å². The molecule has 0 unspecified atom stereocenters. The van der Waals surface area contributed by atoms with E-state index in [1.165, 1.54) is 0 Å². The number of aliphatic imine (C=N–C) groups is 1. The number of carbonyl (C=O) groups excluding carboxylic acids is 1. The summed E-state index contributed by atoms with van der Waals surface area (Å²) in [5.74, 6) is -0.344. The molecule has 23 heavy (non-hydrogen) atoms. The Hall–Kier alpha value is -2.14. The molecule has 1 aliphatic rings. The Bertz CT molecular complexity index is 759.